The number of carbonyl (C=O) groups is 1. The first kappa shape index (κ1) is 15.7. The summed E-state index contributed by atoms with van der Waals surface area (Å²) in [7, 11) is 0. The van der Waals surface area contributed by atoms with Crippen molar-refractivity contribution in [2.24, 2.45) is 5.92 Å². The van der Waals surface area contributed by atoms with E-state index in [1.807, 2.05) is 0 Å². The molecule has 3 aliphatic rings. The Kier molecular flexibility index (Phi) is 3.71. The van der Waals surface area contributed by atoms with Crippen LogP contribution >= 0.6 is 0 Å². The van der Waals surface area contributed by atoms with Crippen LogP contribution in [0.3, 0.4) is 0 Å². The van der Waals surface area contributed by atoms with Gasteiger partial charge in [-0.1, -0.05) is 0 Å². The molecule has 1 amide bonds. The number of hydrogen-bond donors (Lipinski definition) is 0. The maximum Gasteiger partial charge on any atom is 0.260 e. The van der Waals surface area contributed by atoms with E-state index in [1.165, 1.54) is 18.3 Å². The zero-order valence-corrected chi connectivity index (χ0v) is 13.3. The van der Waals surface area contributed by atoms with Gasteiger partial charge in [0.1, 0.15) is 5.60 Å². The minimum absolute atomic E-state index is 0.0241. The van der Waals surface area contributed by atoms with Gasteiger partial charge in [0, 0.05) is 18.7 Å². The van der Waals surface area contributed by atoms with Gasteiger partial charge in [-0.25, -0.2) is 13.8 Å². The predicted octanol–water partition coefficient (Wildman–Crippen LogP) is 2.11. The van der Waals surface area contributed by atoms with Crippen molar-refractivity contribution in [2.45, 2.75) is 37.0 Å². The highest BCUT2D eigenvalue weighted by atomic mass is 19.1. The van der Waals surface area contributed by atoms with Gasteiger partial charge < -0.3 is 14.4 Å². The van der Waals surface area contributed by atoms with Gasteiger partial charge in [-0.2, -0.15) is 0 Å². The lowest BCUT2D eigenvalue weighted by Crippen LogP contribution is -2.69. The predicted molar refractivity (Wildman–Crippen MR) is 80.8 cm³/mol. The van der Waals surface area contributed by atoms with E-state index in [1.54, 1.807) is 4.90 Å². The minimum Gasteiger partial charge on any atom is -0.475 e. The number of amides is 1. The van der Waals surface area contributed by atoms with E-state index in [0.717, 1.165) is 12.8 Å². The summed E-state index contributed by atoms with van der Waals surface area (Å²) in [5.74, 6) is -0.894. The number of ether oxygens (including phenoxy) is 2. The molecular formula is C17H20F2N2O3. The average molecular weight is 338 g/mol. The zero-order valence-electron chi connectivity index (χ0n) is 13.3. The molecule has 130 valence electrons. The summed E-state index contributed by atoms with van der Waals surface area (Å²) in [6, 6.07) is 2.80. The molecule has 3 heterocycles. The maximum absolute atomic E-state index is 14.3. The molecular weight excluding hydrogens is 318 g/mol. The van der Waals surface area contributed by atoms with Gasteiger partial charge in [0.2, 0.25) is 5.88 Å². The first-order chi connectivity index (χ1) is 11.5. The van der Waals surface area contributed by atoms with Gasteiger partial charge >= 0.3 is 0 Å². The third-order valence-electron chi connectivity index (χ3n) is 5.48. The van der Waals surface area contributed by atoms with E-state index in [4.69, 9.17) is 9.47 Å². The number of halogens is 2. The van der Waals surface area contributed by atoms with Crippen LogP contribution in [0.25, 0.3) is 0 Å². The van der Waals surface area contributed by atoms with Crippen molar-refractivity contribution in [3.05, 3.63) is 24.1 Å². The lowest BCUT2D eigenvalue weighted by Gasteiger charge is -2.52. The van der Waals surface area contributed by atoms with Crippen LogP contribution in [-0.4, -0.2) is 53.4 Å². The molecule has 24 heavy (non-hydrogen) atoms. The lowest BCUT2D eigenvalue weighted by atomic mass is 9.76. The molecule has 4 rings (SSSR count). The summed E-state index contributed by atoms with van der Waals surface area (Å²) in [5, 5.41) is 0. The number of nitrogens with zero attached hydrogens (tertiary/aromatic N) is 2. The molecule has 0 unspecified atom stereocenters. The summed E-state index contributed by atoms with van der Waals surface area (Å²) in [5.41, 5.74) is -2.15. The summed E-state index contributed by atoms with van der Waals surface area (Å²) in [4.78, 5) is 17.6. The number of likely N-dealkylation sites (tertiary alicyclic amines) is 1. The topological polar surface area (TPSA) is 51.7 Å². The van der Waals surface area contributed by atoms with Crippen LogP contribution in [-0.2, 0) is 9.53 Å². The molecule has 5 nitrogen and oxygen atoms in total. The largest absolute Gasteiger partial charge is 0.475 e. The quantitative estimate of drug-likeness (QED) is 0.844. The van der Waals surface area contributed by atoms with Crippen molar-refractivity contribution >= 4 is 5.91 Å². The fourth-order valence-electron chi connectivity index (χ4n) is 3.75. The monoisotopic (exact) mass is 338 g/mol. The number of alkyl halides is 1. The van der Waals surface area contributed by atoms with E-state index in [2.05, 4.69) is 4.98 Å². The van der Waals surface area contributed by atoms with Crippen LogP contribution in [0.1, 0.15) is 25.7 Å². The van der Waals surface area contributed by atoms with Crippen LogP contribution < -0.4 is 4.74 Å². The van der Waals surface area contributed by atoms with Gasteiger partial charge in [0.25, 0.3) is 5.91 Å². The molecule has 0 radical (unpaired) electrons. The third-order valence-corrected chi connectivity index (χ3v) is 5.48. The van der Waals surface area contributed by atoms with Gasteiger partial charge in [-0.15, -0.1) is 0 Å². The van der Waals surface area contributed by atoms with E-state index in [-0.39, 0.29) is 18.4 Å². The number of carbonyl (C=O) groups excluding carboxylic acids is 1. The molecule has 2 saturated heterocycles. The highest BCUT2D eigenvalue weighted by Gasteiger charge is 2.58. The van der Waals surface area contributed by atoms with Crippen LogP contribution in [0.15, 0.2) is 18.3 Å². The van der Waals surface area contributed by atoms with Crippen molar-refractivity contribution < 1.29 is 23.0 Å². The summed E-state index contributed by atoms with van der Waals surface area (Å²) in [6.07, 6.45) is 3.66. The molecule has 0 bridgehead atoms. The van der Waals surface area contributed by atoms with Crippen LogP contribution in [0.2, 0.25) is 0 Å². The molecule has 1 spiro atoms. The molecule has 1 saturated carbocycles. The fourth-order valence-corrected chi connectivity index (χ4v) is 3.75. The Morgan fingerprint density at radius 1 is 1.46 bits per heavy atom. The molecule has 1 aliphatic carbocycles. The van der Waals surface area contributed by atoms with Crippen molar-refractivity contribution in [1.29, 1.82) is 0 Å². The Labute approximate surface area is 138 Å². The SMILES string of the molecule is O=C(N1CC2(C1)OCC[C@H]2COc1ncccc1F)C1(F)CCC1. The first-order valence-corrected chi connectivity index (χ1v) is 8.38. The Bertz CT molecular complexity index is 644. The Morgan fingerprint density at radius 2 is 2.25 bits per heavy atom. The van der Waals surface area contributed by atoms with E-state index in [0.29, 0.717) is 32.5 Å². The maximum atomic E-state index is 14.3. The average Bonchev–Trinajstić information content (AvgIpc) is 2.93. The molecule has 0 N–H and O–H groups in total. The summed E-state index contributed by atoms with van der Waals surface area (Å²) >= 11 is 0. The molecule has 2 aliphatic heterocycles. The van der Waals surface area contributed by atoms with Crippen LogP contribution in [0.4, 0.5) is 8.78 Å². The molecule has 1 atom stereocenters. The summed E-state index contributed by atoms with van der Waals surface area (Å²) in [6.45, 7) is 1.62. The number of aromatic nitrogens is 1. The van der Waals surface area contributed by atoms with E-state index < -0.39 is 23.0 Å². The molecule has 1 aromatic heterocycles. The Hall–Kier alpha value is -1.76. The second kappa shape index (κ2) is 5.65. The van der Waals surface area contributed by atoms with E-state index >= 15 is 0 Å². The van der Waals surface area contributed by atoms with Crippen molar-refractivity contribution in [3.8, 4) is 5.88 Å². The second-order valence-corrected chi connectivity index (χ2v) is 6.98. The first-order valence-electron chi connectivity index (χ1n) is 8.38. The summed E-state index contributed by atoms with van der Waals surface area (Å²) < 4.78 is 39.2. The lowest BCUT2D eigenvalue weighted by molar-refractivity contribution is -0.182. The smallest absolute Gasteiger partial charge is 0.260 e. The standard InChI is InChI=1S/C17H20F2N2O3/c18-13-3-1-7-20-14(13)23-9-12-4-8-24-17(12)10-21(11-17)15(22)16(19)5-2-6-16/h1,3,7,12H,2,4-6,8-11H2/t12-/m0/s1. The number of rotatable bonds is 4. The molecule has 0 aromatic carbocycles. The van der Waals surface area contributed by atoms with Crippen molar-refractivity contribution in [3.63, 3.8) is 0 Å². The fraction of sp³-hybridized carbons (Fsp3) is 0.647. The molecule has 1 aromatic rings. The van der Waals surface area contributed by atoms with Gasteiger partial charge in [0.15, 0.2) is 11.5 Å². The third kappa shape index (κ3) is 2.46. The van der Waals surface area contributed by atoms with Crippen LogP contribution in [0, 0.1) is 11.7 Å². The van der Waals surface area contributed by atoms with Crippen LogP contribution in [0.5, 0.6) is 5.88 Å². The highest BCUT2D eigenvalue weighted by Crippen LogP contribution is 2.44. The Balaban J connectivity index is 1.36. The normalized spacial score (nSPS) is 26.8. The zero-order chi connectivity index (χ0) is 16.8. The number of hydrogen-bond acceptors (Lipinski definition) is 4. The number of pyridine rings is 1. The molecule has 3 fully saturated rings. The second-order valence-electron chi connectivity index (χ2n) is 6.98. The van der Waals surface area contributed by atoms with Gasteiger partial charge in [-0.05, 0) is 37.8 Å². The van der Waals surface area contributed by atoms with E-state index in [9.17, 15) is 13.6 Å². The van der Waals surface area contributed by atoms with Gasteiger partial charge in [-0.3, -0.25) is 4.79 Å². The highest BCUT2D eigenvalue weighted by molar-refractivity contribution is 5.87. The van der Waals surface area contributed by atoms with Gasteiger partial charge in [0.05, 0.1) is 19.7 Å². The Morgan fingerprint density at radius 3 is 2.92 bits per heavy atom. The minimum atomic E-state index is -1.66. The molecule has 7 heteroatoms. The van der Waals surface area contributed by atoms with Crippen molar-refractivity contribution in [1.82, 2.24) is 9.88 Å². The van der Waals surface area contributed by atoms with Crippen molar-refractivity contribution in [2.75, 3.05) is 26.3 Å².